The second-order valence-electron chi connectivity index (χ2n) is 4.96. The fourth-order valence-corrected chi connectivity index (χ4v) is 1.63. The van der Waals surface area contributed by atoms with Crippen molar-refractivity contribution in [3.05, 3.63) is 0 Å². The van der Waals surface area contributed by atoms with Gasteiger partial charge < -0.3 is 9.47 Å². The molecule has 1 saturated heterocycles. The van der Waals surface area contributed by atoms with Gasteiger partial charge in [0.2, 0.25) is 0 Å². The Kier molecular flexibility index (Phi) is 3.91. The minimum Gasteiger partial charge on any atom is -0.444 e. The van der Waals surface area contributed by atoms with Gasteiger partial charge >= 0.3 is 6.09 Å². The molecule has 5 nitrogen and oxygen atoms in total. The van der Waals surface area contributed by atoms with Crippen LogP contribution in [0.4, 0.5) is 4.79 Å². The molecule has 0 saturated carbocycles. The largest absolute Gasteiger partial charge is 0.444 e. The summed E-state index contributed by atoms with van der Waals surface area (Å²) < 4.78 is 10.2. The van der Waals surface area contributed by atoms with Crippen LogP contribution in [-0.2, 0) is 14.3 Å². The van der Waals surface area contributed by atoms with Crippen LogP contribution in [0.5, 0.6) is 0 Å². The molecule has 1 rings (SSSR count). The zero-order valence-electron chi connectivity index (χ0n) is 10.3. The molecule has 16 heavy (non-hydrogen) atoms. The van der Waals surface area contributed by atoms with Crippen LogP contribution >= 0.6 is 0 Å². The summed E-state index contributed by atoms with van der Waals surface area (Å²) in [6.45, 7) is 5.89. The molecule has 0 aliphatic carbocycles. The number of amides is 1. The summed E-state index contributed by atoms with van der Waals surface area (Å²) in [5.74, 6) is 0.0490. The first kappa shape index (κ1) is 13.0. The number of likely N-dealkylation sites (tertiary alicyclic amines) is 1. The van der Waals surface area contributed by atoms with E-state index in [0.717, 1.165) is 0 Å². The fourth-order valence-electron chi connectivity index (χ4n) is 1.63. The number of ketones is 1. The van der Waals surface area contributed by atoms with Gasteiger partial charge in [0, 0.05) is 13.5 Å². The Labute approximate surface area is 95.7 Å². The van der Waals surface area contributed by atoms with E-state index in [2.05, 4.69) is 0 Å². The maximum Gasteiger partial charge on any atom is 0.411 e. The summed E-state index contributed by atoms with van der Waals surface area (Å²) in [4.78, 5) is 24.5. The first-order valence-electron chi connectivity index (χ1n) is 5.34. The van der Waals surface area contributed by atoms with Gasteiger partial charge in [0.05, 0.1) is 19.2 Å². The standard InChI is InChI=1S/C11H19NO4/c1-11(2,3)16-10(14)12-6-9(13)5-8(12)7-15-4/h8H,5-7H2,1-4H3/t8-/m0/s1. The monoisotopic (exact) mass is 229 g/mol. The van der Waals surface area contributed by atoms with Crippen molar-refractivity contribution in [2.45, 2.75) is 38.8 Å². The number of ether oxygens (including phenoxy) is 2. The maximum atomic E-state index is 11.8. The van der Waals surface area contributed by atoms with Crippen molar-refractivity contribution < 1.29 is 19.1 Å². The average Bonchev–Trinajstić information content (AvgIpc) is 2.44. The molecule has 0 bridgehead atoms. The topological polar surface area (TPSA) is 55.8 Å². The lowest BCUT2D eigenvalue weighted by Gasteiger charge is -2.27. The summed E-state index contributed by atoms with van der Waals surface area (Å²) in [6, 6.07) is -0.188. The van der Waals surface area contributed by atoms with Crippen LogP contribution < -0.4 is 0 Å². The van der Waals surface area contributed by atoms with E-state index in [9.17, 15) is 9.59 Å². The van der Waals surface area contributed by atoms with Crippen LogP contribution in [0.3, 0.4) is 0 Å². The molecular weight excluding hydrogens is 210 g/mol. The first-order chi connectivity index (χ1) is 7.33. The van der Waals surface area contributed by atoms with E-state index in [0.29, 0.717) is 13.0 Å². The second-order valence-corrected chi connectivity index (χ2v) is 4.96. The predicted octanol–water partition coefficient (Wildman–Crippen LogP) is 1.21. The average molecular weight is 229 g/mol. The Morgan fingerprint density at radius 2 is 2.12 bits per heavy atom. The van der Waals surface area contributed by atoms with Crippen LogP contribution in [0.1, 0.15) is 27.2 Å². The first-order valence-corrected chi connectivity index (χ1v) is 5.34. The number of Topliss-reactive ketones (excluding diaryl/α,β-unsaturated/α-hetero) is 1. The number of hydrogen-bond acceptors (Lipinski definition) is 4. The van der Waals surface area contributed by atoms with E-state index in [1.165, 1.54) is 4.90 Å². The molecule has 1 heterocycles. The second kappa shape index (κ2) is 4.82. The molecule has 0 unspecified atom stereocenters. The fraction of sp³-hybridized carbons (Fsp3) is 0.818. The highest BCUT2D eigenvalue weighted by Crippen LogP contribution is 2.18. The van der Waals surface area contributed by atoms with Gasteiger partial charge in [0.1, 0.15) is 5.60 Å². The summed E-state index contributed by atoms with van der Waals surface area (Å²) >= 11 is 0. The maximum absolute atomic E-state index is 11.8. The van der Waals surface area contributed by atoms with Crippen LogP contribution in [0, 0.1) is 0 Å². The van der Waals surface area contributed by atoms with Crippen LogP contribution in [-0.4, -0.2) is 48.7 Å². The van der Waals surface area contributed by atoms with E-state index >= 15 is 0 Å². The summed E-state index contributed by atoms with van der Waals surface area (Å²) in [7, 11) is 1.55. The van der Waals surface area contributed by atoms with Gasteiger partial charge in [-0.1, -0.05) is 0 Å². The highest BCUT2D eigenvalue weighted by atomic mass is 16.6. The van der Waals surface area contributed by atoms with Crippen LogP contribution in [0.25, 0.3) is 0 Å². The van der Waals surface area contributed by atoms with Crippen LogP contribution in [0.2, 0.25) is 0 Å². The van der Waals surface area contributed by atoms with Gasteiger partial charge in [-0.3, -0.25) is 9.69 Å². The Hall–Kier alpha value is -1.10. The molecule has 5 heteroatoms. The molecule has 1 fully saturated rings. The highest BCUT2D eigenvalue weighted by Gasteiger charge is 2.36. The van der Waals surface area contributed by atoms with Gasteiger partial charge in [-0.2, -0.15) is 0 Å². The Bertz CT molecular complexity index is 282. The summed E-state index contributed by atoms with van der Waals surface area (Å²) in [6.07, 6.45) is -0.0898. The summed E-state index contributed by atoms with van der Waals surface area (Å²) in [5, 5.41) is 0. The van der Waals surface area contributed by atoms with E-state index in [1.54, 1.807) is 27.9 Å². The van der Waals surface area contributed by atoms with Crippen molar-refractivity contribution in [3.63, 3.8) is 0 Å². The molecule has 0 aromatic carbocycles. The highest BCUT2D eigenvalue weighted by molar-refractivity contribution is 5.88. The normalized spacial score (nSPS) is 21.4. The van der Waals surface area contributed by atoms with Crippen molar-refractivity contribution in [2.75, 3.05) is 20.3 Å². The third-order valence-electron chi connectivity index (χ3n) is 2.24. The van der Waals surface area contributed by atoms with Crippen LogP contribution in [0.15, 0.2) is 0 Å². The molecule has 0 radical (unpaired) electrons. The van der Waals surface area contributed by atoms with E-state index < -0.39 is 11.7 Å². The van der Waals surface area contributed by atoms with Crippen molar-refractivity contribution in [3.8, 4) is 0 Å². The molecule has 0 spiro atoms. The number of carbonyl (C=O) groups is 2. The number of nitrogens with zero attached hydrogens (tertiary/aromatic N) is 1. The number of carbonyl (C=O) groups excluding carboxylic acids is 2. The third-order valence-corrected chi connectivity index (χ3v) is 2.24. The molecular formula is C11H19NO4. The van der Waals surface area contributed by atoms with Gasteiger partial charge in [-0.15, -0.1) is 0 Å². The Balaban J connectivity index is 2.63. The zero-order valence-corrected chi connectivity index (χ0v) is 10.3. The Morgan fingerprint density at radius 1 is 1.50 bits per heavy atom. The van der Waals surface area contributed by atoms with Crippen molar-refractivity contribution in [1.82, 2.24) is 4.90 Å². The zero-order chi connectivity index (χ0) is 12.3. The van der Waals surface area contributed by atoms with Crippen molar-refractivity contribution in [2.24, 2.45) is 0 Å². The minimum atomic E-state index is -0.541. The lowest BCUT2D eigenvalue weighted by Crippen LogP contribution is -2.41. The number of rotatable bonds is 2. The smallest absolute Gasteiger partial charge is 0.411 e. The summed E-state index contributed by atoms with van der Waals surface area (Å²) in [5.41, 5.74) is -0.541. The van der Waals surface area contributed by atoms with Gasteiger partial charge in [-0.25, -0.2) is 4.79 Å². The quantitative estimate of drug-likeness (QED) is 0.714. The lowest BCUT2D eigenvalue weighted by molar-refractivity contribution is -0.117. The number of methoxy groups -OCH3 is 1. The van der Waals surface area contributed by atoms with Gasteiger partial charge in [-0.05, 0) is 20.8 Å². The molecule has 0 aromatic heterocycles. The number of hydrogen-bond donors (Lipinski definition) is 0. The minimum absolute atomic E-state index is 0.0490. The predicted molar refractivity (Wildman–Crippen MR) is 58.2 cm³/mol. The molecule has 0 N–H and O–H groups in total. The van der Waals surface area contributed by atoms with E-state index in [4.69, 9.17) is 9.47 Å². The molecule has 92 valence electrons. The third kappa shape index (κ3) is 3.48. The Morgan fingerprint density at radius 3 is 2.62 bits per heavy atom. The molecule has 1 aliphatic rings. The van der Waals surface area contributed by atoms with E-state index in [1.807, 2.05) is 0 Å². The van der Waals surface area contributed by atoms with Crippen molar-refractivity contribution >= 4 is 11.9 Å². The molecule has 0 aromatic rings. The van der Waals surface area contributed by atoms with E-state index in [-0.39, 0.29) is 18.4 Å². The van der Waals surface area contributed by atoms with Gasteiger partial charge in [0.15, 0.2) is 5.78 Å². The van der Waals surface area contributed by atoms with Crippen molar-refractivity contribution in [1.29, 1.82) is 0 Å². The molecule has 1 aliphatic heterocycles. The molecule has 1 atom stereocenters. The lowest BCUT2D eigenvalue weighted by atomic mass is 10.2. The molecule has 1 amide bonds. The SMILES string of the molecule is COC[C@@H]1CC(=O)CN1C(=O)OC(C)(C)C. The van der Waals surface area contributed by atoms with Gasteiger partial charge in [0.25, 0.3) is 0 Å².